The summed E-state index contributed by atoms with van der Waals surface area (Å²) < 4.78 is 66.7. The normalized spacial score (nSPS) is 27.4. The largest absolute Gasteiger partial charge is 0.416 e. The van der Waals surface area contributed by atoms with Gasteiger partial charge in [0.25, 0.3) is 0 Å². The van der Waals surface area contributed by atoms with E-state index in [2.05, 4.69) is 15.5 Å². The molecule has 1 aliphatic heterocycles. The van der Waals surface area contributed by atoms with E-state index in [1.165, 1.54) is 12.1 Å². The quantitative estimate of drug-likeness (QED) is 0.444. The highest BCUT2D eigenvalue weighted by Gasteiger charge is 2.61. The van der Waals surface area contributed by atoms with Gasteiger partial charge in [-0.2, -0.15) is 13.2 Å². The molecule has 5 rings (SSSR count). The smallest absolute Gasteiger partial charge is 0.359 e. The van der Waals surface area contributed by atoms with Crippen LogP contribution in [0.3, 0.4) is 0 Å². The van der Waals surface area contributed by atoms with E-state index >= 15 is 0 Å². The fourth-order valence-corrected chi connectivity index (χ4v) is 6.96. The molecule has 1 heterocycles. The Hall–Kier alpha value is -3.01. The zero-order valence-corrected chi connectivity index (χ0v) is 22.4. The minimum absolute atomic E-state index is 0.0342. The molecule has 216 valence electrons. The molecule has 4 unspecified atom stereocenters. The van der Waals surface area contributed by atoms with Crippen LogP contribution in [0, 0.1) is 28.9 Å². The van der Waals surface area contributed by atoms with Crippen LogP contribution >= 0.6 is 0 Å². The third-order valence-corrected chi connectivity index (χ3v) is 9.18. The number of carbonyl (C=O) groups is 2. The van der Waals surface area contributed by atoms with Crippen molar-refractivity contribution in [3.8, 4) is 0 Å². The molecule has 0 radical (unpaired) electrons. The Morgan fingerprint density at radius 3 is 2.35 bits per heavy atom. The van der Waals surface area contributed by atoms with E-state index in [1.54, 1.807) is 7.05 Å². The molecule has 4 atom stereocenters. The van der Waals surface area contributed by atoms with E-state index in [9.17, 15) is 31.5 Å². The van der Waals surface area contributed by atoms with Gasteiger partial charge >= 0.3 is 6.18 Å². The first-order chi connectivity index (χ1) is 19.0. The summed E-state index contributed by atoms with van der Waals surface area (Å²) in [6.45, 7) is 1.46. The molecule has 2 saturated carbocycles. The van der Waals surface area contributed by atoms with E-state index in [0.29, 0.717) is 31.2 Å². The maximum Gasteiger partial charge on any atom is 0.416 e. The number of alkyl halides is 3. The molecular formula is C30H34F5N3O2. The maximum atomic E-state index is 13.9. The number of carbonyl (C=O) groups excluding carboxylic acids is 2. The lowest BCUT2D eigenvalue weighted by molar-refractivity contribution is -0.137. The summed E-state index contributed by atoms with van der Waals surface area (Å²) in [5.41, 5.74) is -0.751. The molecule has 1 saturated heterocycles. The zero-order valence-electron chi connectivity index (χ0n) is 22.4. The fourth-order valence-electron chi connectivity index (χ4n) is 6.96. The van der Waals surface area contributed by atoms with Crippen molar-refractivity contribution in [2.45, 2.75) is 63.2 Å². The molecule has 2 aliphatic carbocycles. The van der Waals surface area contributed by atoms with Gasteiger partial charge in [0.1, 0.15) is 11.6 Å². The summed E-state index contributed by atoms with van der Waals surface area (Å²) in [4.78, 5) is 28.5. The fraction of sp³-hybridized carbons (Fsp3) is 0.533. The molecular weight excluding hydrogens is 529 g/mol. The average molecular weight is 564 g/mol. The number of nitrogens with one attached hydrogen (secondary N) is 2. The highest BCUT2D eigenvalue weighted by atomic mass is 19.4. The van der Waals surface area contributed by atoms with Gasteiger partial charge in [-0.3, -0.25) is 9.59 Å². The number of amides is 2. The van der Waals surface area contributed by atoms with Crippen molar-refractivity contribution in [1.29, 1.82) is 0 Å². The van der Waals surface area contributed by atoms with Crippen LogP contribution in [0.25, 0.3) is 0 Å². The van der Waals surface area contributed by atoms with E-state index < -0.39 is 23.0 Å². The summed E-state index contributed by atoms with van der Waals surface area (Å²) in [5, 5.41) is 5.46. The molecule has 0 spiro atoms. The molecule has 40 heavy (non-hydrogen) atoms. The van der Waals surface area contributed by atoms with Gasteiger partial charge in [-0.1, -0.05) is 12.1 Å². The first kappa shape index (κ1) is 28.5. The number of hydrogen-bond acceptors (Lipinski definition) is 3. The molecule has 2 N–H and O–H groups in total. The van der Waals surface area contributed by atoms with Gasteiger partial charge in [0, 0.05) is 25.6 Å². The molecule has 10 heteroatoms. The van der Waals surface area contributed by atoms with Gasteiger partial charge in [-0.05, 0) is 105 Å². The Bertz CT molecular complexity index is 1240. The monoisotopic (exact) mass is 563 g/mol. The van der Waals surface area contributed by atoms with Crippen LogP contribution in [0.15, 0.2) is 42.5 Å². The molecule has 5 nitrogen and oxygen atoms in total. The number of rotatable bonds is 7. The molecule has 0 bridgehead atoms. The van der Waals surface area contributed by atoms with Crippen molar-refractivity contribution in [1.82, 2.24) is 15.5 Å². The van der Waals surface area contributed by atoms with Crippen LogP contribution in [0.5, 0.6) is 0 Å². The Labute approximate surface area is 230 Å². The molecule has 2 aromatic rings. The van der Waals surface area contributed by atoms with E-state index in [-0.39, 0.29) is 47.6 Å². The number of halogens is 5. The molecule has 3 fully saturated rings. The summed E-state index contributed by atoms with van der Waals surface area (Å²) in [6.07, 6.45) is -0.334. The third-order valence-electron chi connectivity index (χ3n) is 9.18. The van der Waals surface area contributed by atoms with Gasteiger partial charge in [0.15, 0.2) is 0 Å². The Morgan fingerprint density at radius 2 is 1.70 bits per heavy atom. The second-order valence-electron chi connectivity index (χ2n) is 11.5. The number of nitrogens with zero attached hydrogens (tertiary/aromatic N) is 1. The molecule has 3 aliphatic rings. The number of piperidine rings is 1. The second-order valence-corrected chi connectivity index (χ2v) is 11.5. The van der Waals surface area contributed by atoms with Gasteiger partial charge in [0.05, 0.1) is 11.0 Å². The predicted octanol–water partition coefficient (Wildman–Crippen LogP) is 5.40. The van der Waals surface area contributed by atoms with Crippen LogP contribution in [-0.2, 0) is 22.3 Å². The zero-order chi connectivity index (χ0) is 28.7. The van der Waals surface area contributed by atoms with Crippen molar-refractivity contribution in [3.63, 3.8) is 0 Å². The van der Waals surface area contributed by atoms with Crippen molar-refractivity contribution < 1.29 is 31.5 Å². The lowest BCUT2D eigenvalue weighted by atomic mass is 9.78. The first-order valence-electron chi connectivity index (χ1n) is 13.9. The van der Waals surface area contributed by atoms with Gasteiger partial charge in [-0.25, -0.2) is 8.78 Å². The highest BCUT2D eigenvalue weighted by Crippen LogP contribution is 2.59. The number of benzene rings is 2. The molecule has 2 amide bonds. The minimum Gasteiger partial charge on any atom is -0.359 e. The maximum absolute atomic E-state index is 13.9. The van der Waals surface area contributed by atoms with Crippen molar-refractivity contribution in [2.24, 2.45) is 17.3 Å². The Kier molecular flexibility index (Phi) is 7.92. The van der Waals surface area contributed by atoms with Gasteiger partial charge in [0.2, 0.25) is 11.8 Å². The number of likely N-dealkylation sites (tertiary alicyclic amines) is 1. The van der Waals surface area contributed by atoms with Gasteiger partial charge < -0.3 is 15.5 Å². The van der Waals surface area contributed by atoms with Crippen LogP contribution in [0.2, 0.25) is 0 Å². The average Bonchev–Trinajstić information content (AvgIpc) is 3.62. The number of hydrogen-bond donors (Lipinski definition) is 2. The predicted molar refractivity (Wildman–Crippen MR) is 139 cm³/mol. The lowest BCUT2D eigenvalue weighted by Crippen LogP contribution is -2.45. The van der Waals surface area contributed by atoms with E-state index in [1.807, 2.05) is 12.1 Å². The van der Waals surface area contributed by atoms with Crippen molar-refractivity contribution in [3.05, 3.63) is 70.8 Å². The van der Waals surface area contributed by atoms with Crippen LogP contribution in [0.1, 0.15) is 61.1 Å². The minimum atomic E-state index is -4.69. The van der Waals surface area contributed by atoms with Gasteiger partial charge in [-0.15, -0.1) is 0 Å². The van der Waals surface area contributed by atoms with Crippen molar-refractivity contribution in [2.75, 3.05) is 20.1 Å². The Morgan fingerprint density at radius 1 is 1.00 bits per heavy atom. The SMILES string of the molecule is CNC(=O)C1CC1C1(C(=O)NCc2cc(F)cc(C(F)(F)F)c2)CCC(N2CCC(c3ccc(F)cc3)CC2)C1. The lowest BCUT2D eigenvalue weighted by Gasteiger charge is -2.37. The molecule has 2 aromatic carbocycles. The second kappa shape index (κ2) is 11.1. The van der Waals surface area contributed by atoms with Crippen molar-refractivity contribution >= 4 is 11.8 Å². The summed E-state index contributed by atoms with van der Waals surface area (Å²) in [6, 6.07) is 9.07. The van der Waals surface area contributed by atoms with Crippen LogP contribution < -0.4 is 10.6 Å². The summed E-state index contributed by atoms with van der Waals surface area (Å²) in [5.74, 6) is -1.74. The van der Waals surface area contributed by atoms with E-state index in [4.69, 9.17) is 0 Å². The van der Waals surface area contributed by atoms with E-state index in [0.717, 1.165) is 50.0 Å². The Balaban J connectivity index is 1.27. The van der Waals surface area contributed by atoms with Crippen LogP contribution in [-0.4, -0.2) is 42.9 Å². The molecule has 0 aromatic heterocycles. The topological polar surface area (TPSA) is 61.4 Å². The van der Waals surface area contributed by atoms with Crippen LogP contribution in [0.4, 0.5) is 22.0 Å². The third kappa shape index (κ3) is 5.87. The standard InChI is InChI=1S/C30H34F5N3O2/c1-36-27(39)25-15-26(25)29(28(40)37-17-18-12-21(30(33,34)35)14-23(32)13-18)9-6-24(16-29)38-10-7-20(8-11-38)19-2-4-22(31)5-3-19/h2-5,12-14,20,24-26H,6-11,15-17H2,1H3,(H,36,39)(H,37,40). The highest BCUT2D eigenvalue weighted by molar-refractivity contribution is 5.88. The summed E-state index contributed by atoms with van der Waals surface area (Å²) >= 11 is 0. The first-order valence-corrected chi connectivity index (χ1v) is 13.9. The summed E-state index contributed by atoms with van der Waals surface area (Å²) in [7, 11) is 1.56.